The zero-order valence-electron chi connectivity index (χ0n) is 10.8. The first kappa shape index (κ1) is 14.5. The summed E-state index contributed by atoms with van der Waals surface area (Å²) in [6.45, 7) is 0. The molecule has 6 heteroatoms. The largest absolute Gasteiger partial charge is 1.00 e. The molecule has 2 rings (SSSR count). The molecule has 18 heavy (non-hydrogen) atoms. The van der Waals surface area contributed by atoms with Gasteiger partial charge >= 0.3 is 35.5 Å². The number of rotatable bonds is 3. The van der Waals surface area contributed by atoms with Gasteiger partial charge in [-0.05, 0) is 6.07 Å². The Balaban J connectivity index is 0.00000162. The summed E-state index contributed by atoms with van der Waals surface area (Å²) in [7, 11) is 0. The van der Waals surface area contributed by atoms with Crippen molar-refractivity contribution in [3.8, 4) is 0 Å². The molecule has 0 spiro atoms. The number of nitrogens with one attached hydrogen (secondary N) is 1. The molecular weight excluding hydrogens is 243 g/mol. The van der Waals surface area contributed by atoms with Gasteiger partial charge in [0.1, 0.15) is 5.70 Å². The average molecular weight is 254 g/mol. The molecule has 1 heterocycles. The minimum Gasteiger partial charge on any atom is -1.00 e. The van der Waals surface area contributed by atoms with Crippen LogP contribution in [0.5, 0.6) is 0 Å². The number of benzene rings is 1. The molecule has 0 aliphatic rings. The molecule has 0 aliphatic carbocycles. The van der Waals surface area contributed by atoms with Crippen molar-refractivity contribution in [2.75, 3.05) is 0 Å². The van der Waals surface area contributed by atoms with Crippen LogP contribution < -0.4 is 35.3 Å². The number of aliphatic carboxylic acids is 1. The van der Waals surface area contributed by atoms with Crippen LogP contribution in [0, 0.1) is 0 Å². The van der Waals surface area contributed by atoms with Crippen molar-refractivity contribution in [1.29, 1.82) is 0 Å². The summed E-state index contributed by atoms with van der Waals surface area (Å²) >= 11 is 0. The van der Waals surface area contributed by atoms with Crippen molar-refractivity contribution in [3.05, 3.63) is 47.8 Å². The Kier molecular flexibility index (Phi) is 4.72. The summed E-state index contributed by atoms with van der Waals surface area (Å²) in [6.07, 6.45) is 2.45. The second-order valence-corrected chi connectivity index (χ2v) is 3.52. The molecule has 2 aromatic rings. The second kappa shape index (κ2) is 5.86. The number of hydrogen-bond acceptors (Lipinski definition) is 3. The molecule has 0 saturated heterocycles. The molecule has 1 aromatic heterocycles. The first-order valence-corrected chi connectivity index (χ1v) is 4.90. The standard InChI is InChI=1S/C12H10N2O3.Na.H/c13-9(12(16)17)5-11(15)8-6-14-10-4-2-1-3-7(8)10;;/h1-6,14H,13H2,(H,16,17);;/q;+1;-1. The van der Waals surface area contributed by atoms with E-state index in [1.54, 1.807) is 18.3 Å². The van der Waals surface area contributed by atoms with Crippen LogP contribution in [0.4, 0.5) is 0 Å². The van der Waals surface area contributed by atoms with E-state index in [-0.39, 0.29) is 31.0 Å². The van der Waals surface area contributed by atoms with Gasteiger partial charge in [-0.25, -0.2) is 4.79 Å². The van der Waals surface area contributed by atoms with Gasteiger partial charge in [-0.1, -0.05) is 18.2 Å². The normalized spacial score (nSPS) is 11.0. The zero-order chi connectivity index (χ0) is 12.4. The van der Waals surface area contributed by atoms with E-state index in [0.29, 0.717) is 5.56 Å². The van der Waals surface area contributed by atoms with E-state index in [0.717, 1.165) is 17.0 Å². The third-order valence-corrected chi connectivity index (χ3v) is 2.39. The van der Waals surface area contributed by atoms with Crippen molar-refractivity contribution in [2.45, 2.75) is 0 Å². The third-order valence-electron chi connectivity index (χ3n) is 2.39. The Morgan fingerprint density at radius 3 is 2.67 bits per heavy atom. The number of para-hydroxylation sites is 1. The molecule has 0 saturated carbocycles. The number of carbonyl (C=O) groups is 2. The number of carbonyl (C=O) groups excluding carboxylic acids is 1. The van der Waals surface area contributed by atoms with Gasteiger partial charge in [0, 0.05) is 28.7 Å². The van der Waals surface area contributed by atoms with Gasteiger partial charge in [0.25, 0.3) is 0 Å². The molecule has 0 unspecified atom stereocenters. The molecule has 0 aliphatic heterocycles. The molecule has 4 N–H and O–H groups in total. The molecule has 88 valence electrons. The predicted octanol–water partition coefficient (Wildman–Crippen LogP) is -1.61. The van der Waals surface area contributed by atoms with E-state index in [1.165, 1.54) is 0 Å². The van der Waals surface area contributed by atoms with E-state index >= 15 is 0 Å². The number of hydrogen-bond donors (Lipinski definition) is 3. The average Bonchev–Trinajstić information content (AvgIpc) is 2.72. The molecule has 0 fully saturated rings. The van der Waals surface area contributed by atoms with Crippen LogP contribution in [-0.4, -0.2) is 21.8 Å². The van der Waals surface area contributed by atoms with Crippen LogP contribution >= 0.6 is 0 Å². The first-order valence-electron chi connectivity index (χ1n) is 4.90. The number of allylic oxidation sites excluding steroid dienone is 1. The Hall–Kier alpha value is -1.56. The zero-order valence-corrected chi connectivity index (χ0v) is 11.8. The Morgan fingerprint density at radius 1 is 1.33 bits per heavy atom. The minimum absolute atomic E-state index is 0. The van der Waals surface area contributed by atoms with Gasteiger partial charge < -0.3 is 17.3 Å². The Morgan fingerprint density at radius 2 is 2.00 bits per heavy atom. The van der Waals surface area contributed by atoms with E-state index < -0.39 is 17.4 Å². The monoisotopic (exact) mass is 254 g/mol. The van der Waals surface area contributed by atoms with Gasteiger partial charge in [0.15, 0.2) is 5.78 Å². The van der Waals surface area contributed by atoms with Crippen molar-refractivity contribution in [2.24, 2.45) is 5.73 Å². The van der Waals surface area contributed by atoms with Crippen LogP contribution in [0.3, 0.4) is 0 Å². The van der Waals surface area contributed by atoms with E-state index in [1.807, 2.05) is 12.1 Å². The van der Waals surface area contributed by atoms with Crippen LogP contribution in [-0.2, 0) is 4.79 Å². The van der Waals surface area contributed by atoms with Crippen molar-refractivity contribution in [1.82, 2.24) is 4.98 Å². The van der Waals surface area contributed by atoms with Gasteiger partial charge in [-0.2, -0.15) is 0 Å². The summed E-state index contributed by atoms with van der Waals surface area (Å²) in [5.74, 6) is -1.74. The quantitative estimate of drug-likeness (QED) is 0.349. The first-order chi connectivity index (χ1) is 8.09. The van der Waals surface area contributed by atoms with E-state index in [2.05, 4.69) is 4.98 Å². The fourth-order valence-electron chi connectivity index (χ4n) is 1.56. The van der Waals surface area contributed by atoms with Gasteiger partial charge in [0.2, 0.25) is 0 Å². The summed E-state index contributed by atoms with van der Waals surface area (Å²) in [4.78, 5) is 25.2. The predicted molar refractivity (Wildman–Crippen MR) is 63.6 cm³/mol. The number of carboxylic acid groups (broad SMARTS) is 1. The van der Waals surface area contributed by atoms with Crippen LogP contribution in [0.15, 0.2) is 42.2 Å². The summed E-state index contributed by atoms with van der Waals surface area (Å²) in [5.41, 5.74) is 5.95. The third kappa shape index (κ3) is 2.81. The summed E-state index contributed by atoms with van der Waals surface area (Å²) < 4.78 is 0. The van der Waals surface area contributed by atoms with Crippen LogP contribution in [0.25, 0.3) is 10.9 Å². The van der Waals surface area contributed by atoms with E-state index in [9.17, 15) is 9.59 Å². The maximum absolute atomic E-state index is 11.8. The maximum atomic E-state index is 11.8. The molecule has 5 nitrogen and oxygen atoms in total. The molecule has 1 aromatic carbocycles. The Bertz CT molecular complexity index is 637. The molecular formula is C12H11N2NaO3. The molecule has 0 radical (unpaired) electrons. The van der Waals surface area contributed by atoms with Crippen LogP contribution in [0.1, 0.15) is 11.8 Å². The topological polar surface area (TPSA) is 96.2 Å². The van der Waals surface area contributed by atoms with E-state index in [4.69, 9.17) is 10.8 Å². The van der Waals surface area contributed by atoms with Gasteiger partial charge in [-0.3, -0.25) is 4.79 Å². The maximum Gasteiger partial charge on any atom is 1.00 e. The molecule has 0 bridgehead atoms. The van der Waals surface area contributed by atoms with Crippen molar-refractivity contribution >= 4 is 22.7 Å². The fourth-order valence-corrected chi connectivity index (χ4v) is 1.56. The number of nitrogens with two attached hydrogens (primary N) is 1. The van der Waals surface area contributed by atoms with Crippen molar-refractivity contribution in [3.63, 3.8) is 0 Å². The second-order valence-electron chi connectivity index (χ2n) is 3.52. The number of H-pyrrole nitrogens is 1. The Labute approximate surface area is 126 Å². The fraction of sp³-hybridized carbons (Fsp3) is 0. The smallest absolute Gasteiger partial charge is 1.00 e. The van der Waals surface area contributed by atoms with Gasteiger partial charge in [-0.15, -0.1) is 0 Å². The number of ketones is 1. The van der Waals surface area contributed by atoms with Crippen molar-refractivity contribution < 1.29 is 45.7 Å². The molecule has 0 atom stereocenters. The molecule has 0 amide bonds. The number of aromatic nitrogens is 1. The minimum atomic E-state index is -1.31. The number of carboxylic acids is 1. The number of aromatic amines is 1. The SMILES string of the molecule is NC(=CC(=O)c1c[nH]c2ccccc12)C(=O)O.[H-].[Na+]. The van der Waals surface area contributed by atoms with Gasteiger partial charge in [0.05, 0.1) is 0 Å². The van der Waals surface area contributed by atoms with Crippen LogP contribution in [0.2, 0.25) is 0 Å². The summed E-state index contributed by atoms with van der Waals surface area (Å²) in [5, 5.41) is 9.33. The summed E-state index contributed by atoms with van der Waals surface area (Å²) in [6, 6.07) is 7.26. The number of fused-ring (bicyclic) bond motifs is 1.